The van der Waals surface area contributed by atoms with Crippen LogP contribution in [0.3, 0.4) is 0 Å². The third-order valence-corrected chi connectivity index (χ3v) is 4.38. The van der Waals surface area contributed by atoms with Gasteiger partial charge in [-0.15, -0.1) is 0 Å². The maximum absolute atomic E-state index is 12.3. The highest BCUT2D eigenvalue weighted by atomic mass is 32.2. The summed E-state index contributed by atoms with van der Waals surface area (Å²) >= 11 is 0. The highest BCUT2D eigenvalue weighted by Crippen LogP contribution is 2.21. The Balaban J connectivity index is 2.38. The summed E-state index contributed by atoms with van der Waals surface area (Å²) in [5.74, 6) is 0. The fourth-order valence-corrected chi connectivity index (χ4v) is 3.02. The van der Waals surface area contributed by atoms with Crippen molar-refractivity contribution in [2.45, 2.75) is 25.7 Å². The van der Waals surface area contributed by atoms with E-state index in [9.17, 15) is 8.42 Å². The molecule has 1 heterocycles. The van der Waals surface area contributed by atoms with Crippen molar-refractivity contribution in [3.8, 4) is 0 Å². The third-order valence-electron chi connectivity index (χ3n) is 3.02. The van der Waals surface area contributed by atoms with Crippen molar-refractivity contribution < 1.29 is 8.42 Å². The maximum atomic E-state index is 12.3. The minimum Gasteiger partial charge on any atom is -0.399 e. The van der Waals surface area contributed by atoms with Gasteiger partial charge < -0.3 is 5.73 Å². The summed E-state index contributed by atoms with van der Waals surface area (Å²) in [6, 6.07) is 8.10. The van der Waals surface area contributed by atoms with Gasteiger partial charge in [0, 0.05) is 11.4 Å². The van der Waals surface area contributed by atoms with Crippen molar-refractivity contribution >= 4 is 21.4 Å². The number of nitrogen functional groups attached to an aromatic ring is 1. The van der Waals surface area contributed by atoms with Crippen molar-refractivity contribution in [1.29, 1.82) is 0 Å². The Morgan fingerprint density at radius 3 is 2.40 bits per heavy atom. The van der Waals surface area contributed by atoms with Gasteiger partial charge in [0.15, 0.2) is 0 Å². The van der Waals surface area contributed by atoms with Crippen LogP contribution in [0, 0.1) is 20.8 Å². The van der Waals surface area contributed by atoms with Crippen LogP contribution in [0.2, 0.25) is 0 Å². The van der Waals surface area contributed by atoms with E-state index in [1.54, 1.807) is 38.1 Å². The molecule has 0 saturated carbocycles. The fourth-order valence-electron chi connectivity index (χ4n) is 1.81. The van der Waals surface area contributed by atoms with Gasteiger partial charge >= 0.3 is 0 Å². The van der Waals surface area contributed by atoms with E-state index < -0.39 is 10.0 Å². The second-order valence-electron chi connectivity index (χ2n) is 4.71. The molecule has 2 rings (SSSR count). The number of rotatable bonds is 3. The molecule has 6 heteroatoms. The van der Waals surface area contributed by atoms with E-state index in [1.165, 1.54) is 6.07 Å². The van der Waals surface area contributed by atoms with Crippen molar-refractivity contribution in [2.24, 2.45) is 0 Å². The summed E-state index contributed by atoms with van der Waals surface area (Å²) in [6.07, 6.45) is 0. The van der Waals surface area contributed by atoms with E-state index in [1.807, 2.05) is 6.92 Å². The lowest BCUT2D eigenvalue weighted by Crippen LogP contribution is -2.14. The average molecular weight is 291 g/mol. The summed E-state index contributed by atoms with van der Waals surface area (Å²) in [5, 5.41) is 0. The molecule has 0 aliphatic carbocycles. The summed E-state index contributed by atoms with van der Waals surface area (Å²) in [6.45, 7) is 5.39. The first-order valence-corrected chi connectivity index (χ1v) is 7.61. The number of aromatic nitrogens is 1. The number of hydrogen-bond acceptors (Lipinski definition) is 4. The van der Waals surface area contributed by atoms with E-state index >= 15 is 0 Å². The van der Waals surface area contributed by atoms with Crippen LogP contribution in [-0.2, 0) is 10.0 Å². The molecule has 2 aromatic rings. The minimum absolute atomic E-state index is 0.184. The predicted octanol–water partition coefficient (Wildman–Crippen LogP) is 2.39. The second kappa shape index (κ2) is 5.13. The summed E-state index contributed by atoms with van der Waals surface area (Å²) < 4.78 is 27.2. The standard InChI is InChI=1S/C14H17N3O2S/c1-9-8-12(5-6-13(9)15)20(18,19)17-14-7-4-10(2)16-11(14)3/h4-8,17H,15H2,1-3H3. The number of nitrogens with one attached hydrogen (secondary N) is 1. The second-order valence-corrected chi connectivity index (χ2v) is 6.39. The topological polar surface area (TPSA) is 85.1 Å². The van der Waals surface area contributed by atoms with Gasteiger partial charge in [0.2, 0.25) is 0 Å². The van der Waals surface area contributed by atoms with Gasteiger partial charge in [0.1, 0.15) is 0 Å². The summed E-state index contributed by atoms with van der Waals surface area (Å²) in [5.41, 5.74) is 8.95. The number of hydrogen-bond donors (Lipinski definition) is 2. The van der Waals surface area contributed by atoms with Crippen LogP contribution in [0.15, 0.2) is 35.2 Å². The van der Waals surface area contributed by atoms with Gasteiger partial charge in [-0.25, -0.2) is 8.42 Å². The highest BCUT2D eigenvalue weighted by molar-refractivity contribution is 7.92. The summed E-state index contributed by atoms with van der Waals surface area (Å²) in [7, 11) is -3.63. The average Bonchev–Trinajstić information content (AvgIpc) is 2.36. The first-order valence-electron chi connectivity index (χ1n) is 6.13. The Morgan fingerprint density at radius 1 is 1.10 bits per heavy atom. The smallest absolute Gasteiger partial charge is 0.261 e. The molecule has 20 heavy (non-hydrogen) atoms. The molecule has 0 amide bonds. The molecule has 0 radical (unpaired) electrons. The lowest BCUT2D eigenvalue weighted by molar-refractivity contribution is 0.601. The molecule has 5 nitrogen and oxygen atoms in total. The van der Waals surface area contributed by atoms with Gasteiger partial charge in [0.05, 0.1) is 16.3 Å². The number of pyridine rings is 1. The summed E-state index contributed by atoms with van der Waals surface area (Å²) in [4.78, 5) is 4.42. The number of aryl methyl sites for hydroxylation is 3. The monoisotopic (exact) mass is 291 g/mol. The largest absolute Gasteiger partial charge is 0.399 e. The number of benzene rings is 1. The Morgan fingerprint density at radius 2 is 1.80 bits per heavy atom. The molecular weight excluding hydrogens is 274 g/mol. The van der Waals surface area contributed by atoms with E-state index in [0.717, 1.165) is 11.3 Å². The molecule has 3 N–H and O–H groups in total. The Labute approximate surface area is 118 Å². The van der Waals surface area contributed by atoms with Crippen molar-refractivity contribution in [3.63, 3.8) is 0 Å². The number of nitrogens with zero attached hydrogens (tertiary/aromatic N) is 1. The Bertz CT molecular complexity index is 755. The Kier molecular flexibility index (Phi) is 3.67. The van der Waals surface area contributed by atoms with Crippen molar-refractivity contribution in [1.82, 2.24) is 4.98 Å². The molecule has 0 unspecified atom stereocenters. The van der Waals surface area contributed by atoms with E-state index in [0.29, 0.717) is 17.1 Å². The van der Waals surface area contributed by atoms with Crippen molar-refractivity contribution in [3.05, 3.63) is 47.3 Å². The van der Waals surface area contributed by atoms with Crippen molar-refractivity contribution in [2.75, 3.05) is 10.5 Å². The molecule has 0 aliphatic rings. The van der Waals surface area contributed by atoms with E-state index in [4.69, 9.17) is 5.73 Å². The van der Waals surface area contributed by atoms with Gasteiger partial charge in [0.25, 0.3) is 10.0 Å². The number of sulfonamides is 1. The van der Waals surface area contributed by atoms with Crippen LogP contribution in [0.4, 0.5) is 11.4 Å². The van der Waals surface area contributed by atoms with Gasteiger partial charge in [-0.05, 0) is 56.7 Å². The van der Waals surface area contributed by atoms with Crippen LogP contribution in [0.1, 0.15) is 17.0 Å². The van der Waals surface area contributed by atoms with Gasteiger partial charge in [-0.3, -0.25) is 9.71 Å². The zero-order valence-electron chi connectivity index (χ0n) is 11.6. The van der Waals surface area contributed by atoms with Crippen LogP contribution in [0.5, 0.6) is 0 Å². The molecule has 0 atom stereocenters. The van der Waals surface area contributed by atoms with E-state index in [-0.39, 0.29) is 4.90 Å². The quantitative estimate of drug-likeness (QED) is 0.850. The first-order chi connectivity index (χ1) is 9.29. The molecule has 0 fully saturated rings. The lowest BCUT2D eigenvalue weighted by atomic mass is 10.2. The number of anilines is 2. The molecule has 0 spiro atoms. The molecule has 1 aromatic carbocycles. The zero-order chi connectivity index (χ0) is 14.9. The zero-order valence-corrected chi connectivity index (χ0v) is 12.5. The maximum Gasteiger partial charge on any atom is 0.261 e. The SMILES string of the molecule is Cc1ccc(NS(=O)(=O)c2ccc(N)c(C)c2)c(C)n1. The fraction of sp³-hybridized carbons (Fsp3) is 0.214. The predicted molar refractivity (Wildman–Crippen MR) is 80.1 cm³/mol. The van der Waals surface area contributed by atoms with E-state index in [2.05, 4.69) is 9.71 Å². The highest BCUT2D eigenvalue weighted by Gasteiger charge is 2.16. The van der Waals surface area contributed by atoms with Crippen LogP contribution >= 0.6 is 0 Å². The number of nitrogens with two attached hydrogens (primary N) is 1. The van der Waals surface area contributed by atoms with Gasteiger partial charge in [-0.1, -0.05) is 0 Å². The first kappa shape index (κ1) is 14.3. The van der Waals surface area contributed by atoms with Crippen LogP contribution in [-0.4, -0.2) is 13.4 Å². The third kappa shape index (κ3) is 2.91. The van der Waals surface area contributed by atoms with Crippen LogP contribution in [0.25, 0.3) is 0 Å². The minimum atomic E-state index is -3.63. The van der Waals surface area contributed by atoms with Gasteiger partial charge in [-0.2, -0.15) is 0 Å². The Hall–Kier alpha value is -2.08. The molecule has 0 aliphatic heterocycles. The molecule has 106 valence electrons. The molecule has 0 saturated heterocycles. The normalized spacial score (nSPS) is 11.3. The molecule has 0 bridgehead atoms. The lowest BCUT2D eigenvalue weighted by Gasteiger charge is -2.11. The van der Waals surface area contributed by atoms with Crippen LogP contribution < -0.4 is 10.5 Å². The molecular formula is C14H17N3O2S. The molecule has 1 aromatic heterocycles.